The molecule has 4 rings (SSSR count). The lowest BCUT2D eigenvalue weighted by Crippen LogP contribution is -2.46. The number of hydrogen-bond donors (Lipinski definition) is 7. The lowest BCUT2D eigenvalue weighted by molar-refractivity contribution is -0.766. The second-order valence-electron chi connectivity index (χ2n) is 8.96. The second kappa shape index (κ2) is 11.7. The largest absolute Gasteiger partial charge is 0.472 e. The molecule has 0 radical (unpaired) electrons. The third-order valence-corrected chi connectivity index (χ3v) is 7.23. The minimum Gasteiger partial charge on any atom is -0.387 e. The number of carbonyl (C=O) groups is 2. The van der Waals surface area contributed by atoms with E-state index in [2.05, 4.69) is 0 Å². The first-order valence-corrected chi connectivity index (χ1v) is 13.1. The van der Waals surface area contributed by atoms with E-state index in [4.69, 9.17) is 30.0 Å². The van der Waals surface area contributed by atoms with E-state index >= 15 is 0 Å². The van der Waals surface area contributed by atoms with Gasteiger partial charge in [0.1, 0.15) is 35.5 Å². The van der Waals surface area contributed by atoms with E-state index in [1.54, 1.807) is 0 Å². The maximum absolute atomic E-state index is 12.4. The number of phosphoric ester groups is 1. The Morgan fingerprint density at radius 3 is 1.54 bits per heavy atom. The fourth-order valence-electron chi connectivity index (χ4n) is 4.19. The lowest BCUT2D eigenvalue weighted by Gasteiger charge is -2.19. The highest BCUT2D eigenvalue weighted by atomic mass is 31.2. The van der Waals surface area contributed by atoms with Gasteiger partial charge in [-0.3, -0.25) is 18.6 Å². The summed E-state index contributed by atoms with van der Waals surface area (Å²) in [5, 5.41) is 41.4. The first kappa shape index (κ1) is 29.1. The van der Waals surface area contributed by atoms with Gasteiger partial charge in [-0.15, -0.1) is 0 Å². The highest BCUT2D eigenvalue weighted by molar-refractivity contribution is 7.47. The SMILES string of the molecule is NC(=O)c1ccc[n+]([C@@H]2O[C@H](COP(=O)(O)OCC3O[C@@H]([n+]4cccc(C(N)=O)c4)[C@H](O)[C@@H]3O)[C@@H](O)[C@H]2O)c1. The van der Waals surface area contributed by atoms with Crippen LogP contribution < -0.4 is 20.6 Å². The van der Waals surface area contributed by atoms with E-state index in [1.165, 1.54) is 58.2 Å². The van der Waals surface area contributed by atoms with Crippen LogP contribution in [0, 0.1) is 0 Å². The summed E-state index contributed by atoms with van der Waals surface area (Å²) in [6.07, 6.45) is -5.27. The molecule has 16 nitrogen and oxygen atoms in total. The highest BCUT2D eigenvalue weighted by Crippen LogP contribution is 2.45. The number of hydrogen-bond acceptors (Lipinski definition) is 11. The van der Waals surface area contributed by atoms with Gasteiger partial charge < -0.3 is 46.3 Å². The molecule has 2 aliphatic rings. The number of carbonyl (C=O) groups excluding carboxylic acids is 2. The van der Waals surface area contributed by atoms with Crippen molar-refractivity contribution in [3.63, 3.8) is 0 Å². The number of rotatable bonds is 10. The van der Waals surface area contributed by atoms with Crippen LogP contribution in [0.3, 0.4) is 0 Å². The van der Waals surface area contributed by atoms with Gasteiger partial charge in [-0.05, 0) is 12.1 Å². The molecule has 0 aromatic carbocycles. The number of phosphoric acid groups is 1. The molecule has 0 aliphatic carbocycles. The molecule has 4 heterocycles. The summed E-state index contributed by atoms with van der Waals surface area (Å²) < 4.78 is 36.0. The quantitative estimate of drug-likeness (QED) is 0.108. The van der Waals surface area contributed by atoms with E-state index in [9.17, 15) is 39.5 Å². The van der Waals surface area contributed by atoms with Crippen molar-refractivity contribution >= 4 is 19.6 Å². The number of aliphatic hydroxyl groups excluding tert-OH is 4. The van der Waals surface area contributed by atoms with E-state index in [0.717, 1.165) is 0 Å². The molecule has 17 heteroatoms. The van der Waals surface area contributed by atoms with Crippen molar-refractivity contribution in [1.29, 1.82) is 0 Å². The van der Waals surface area contributed by atoms with Crippen LogP contribution in [0.25, 0.3) is 0 Å². The summed E-state index contributed by atoms with van der Waals surface area (Å²) in [6.45, 7) is -1.35. The van der Waals surface area contributed by atoms with Crippen molar-refractivity contribution in [2.24, 2.45) is 11.5 Å². The lowest BCUT2D eigenvalue weighted by atomic mass is 10.1. The normalized spacial score (nSPS) is 32.1. The van der Waals surface area contributed by atoms with Crippen molar-refractivity contribution < 1.29 is 67.1 Å². The number of nitrogens with zero attached hydrogens (tertiary/aromatic N) is 2. The molecule has 2 unspecified atom stereocenters. The van der Waals surface area contributed by atoms with Crippen molar-refractivity contribution in [1.82, 2.24) is 0 Å². The summed E-state index contributed by atoms with van der Waals surface area (Å²) in [5.74, 6) is -1.44. The van der Waals surface area contributed by atoms with Gasteiger partial charge in [-0.2, -0.15) is 9.13 Å². The molecule has 2 fully saturated rings. The van der Waals surface area contributed by atoms with Crippen molar-refractivity contribution in [3.8, 4) is 0 Å². The van der Waals surface area contributed by atoms with Gasteiger partial charge in [0.05, 0.1) is 13.2 Å². The summed E-state index contributed by atoms with van der Waals surface area (Å²) >= 11 is 0. The molecule has 0 bridgehead atoms. The maximum Gasteiger partial charge on any atom is 0.472 e. The Labute approximate surface area is 221 Å². The zero-order valence-corrected chi connectivity index (χ0v) is 21.1. The van der Waals surface area contributed by atoms with Gasteiger partial charge >= 0.3 is 7.82 Å². The van der Waals surface area contributed by atoms with E-state index in [0.29, 0.717) is 0 Å². The molecule has 39 heavy (non-hydrogen) atoms. The molecule has 2 aliphatic heterocycles. The fraction of sp³-hybridized carbons (Fsp3) is 0.455. The fourth-order valence-corrected chi connectivity index (χ4v) is 4.94. The van der Waals surface area contributed by atoms with Crippen LogP contribution >= 0.6 is 7.82 Å². The average molecular weight is 572 g/mol. The predicted molar refractivity (Wildman–Crippen MR) is 124 cm³/mol. The van der Waals surface area contributed by atoms with Gasteiger partial charge in [-0.25, -0.2) is 4.57 Å². The molecule has 2 amide bonds. The minimum atomic E-state index is -4.80. The smallest absolute Gasteiger partial charge is 0.387 e. The first-order chi connectivity index (χ1) is 18.4. The van der Waals surface area contributed by atoms with Gasteiger partial charge in [0.15, 0.2) is 37.0 Å². The highest BCUT2D eigenvalue weighted by Gasteiger charge is 2.51. The molecule has 0 spiro atoms. The number of amides is 2. The third-order valence-electron chi connectivity index (χ3n) is 6.28. The van der Waals surface area contributed by atoms with Crippen molar-refractivity contribution in [2.45, 2.75) is 49.1 Å². The van der Waals surface area contributed by atoms with Crippen LogP contribution in [0.4, 0.5) is 0 Å². The Morgan fingerprint density at radius 2 is 1.18 bits per heavy atom. The number of primary amides is 2. The van der Waals surface area contributed by atoms with Gasteiger partial charge in [-0.1, -0.05) is 0 Å². The molecule has 9 N–H and O–H groups in total. The Balaban J connectivity index is 1.33. The topological polar surface area (TPSA) is 249 Å². The van der Waals surface area contributed by atoms with Gasteiger partial charge in [0, 0.05) is 12.1 Å². The van der Waals surface area contributed by atoms with Crippen LogP contribution in [-0.2, 0) is 23.1 Å². The van der Waals surface area contributed by atoms with Crippen LogP contribution in [0.5, 0.6) is 0 Å². The number of ether oxygens (including phenoxy) is 2. The van der Waals surface area contributed by atoms with Crippen molar-refractivity contribution in [2.75, 3.05) is 13.2 Å². The Bertz CT molecular complexity index is 1180. The Kier molecular flexibility index (Phi) is 8.72. The number of pyridine rings is 2. The third kappa shape index (κ3) is 6.47. The molecule has 212 valence electrons. The molecule has 2 saturated heterocycles. The van der Waals surface area contributed by atoms with Crippen LogP contribution in [0.1, 0.15) is 33.2 Å². The summed E-state index contributed by atoms with van der Waals surface area (Å²) in [4.78, 5) is 32.9. The molecule has 9 atom stereocenters. The van der Waals surface area contributed by atoms with Crippen LogP contribution in [0.2, 0.25) is 0 Å². The second-order valence-corrected chi connectivity index (χ2v) is 10.4. The van der Waals surface area contributed by atoms with E-state index in [-0.39, 0.29) is 11.1 Å². The van der Waals surface area contributed by atoms with Crippen LogP contribution in [-0.4, -0.2) is 87.0 Å². The van der Waals surface area contributed by atoms with Gasteiger partial charge in [0.25, 0.3) is 24.3 Å². The zero-order valence-electron chi connectivity index (χ0n) is 20.2. The number of aromatic nitrogens is 2. The van der Waals surface area contributed by atoms with E-state index in [1.807, 2.05) is 0 Å². The molecule has 2 aromatic heterocycles. The van der Waals surface area contributed by atoms with Crippen LogP contribution in [0.15, 0.2) is 49.1 Å². The minimum absolute atomic E-state index is 0.124. The summed E-state index contributed by atoms with van der Waals surface area (Å²) in [7, 11) is -4.80. The molecule has 2 aromatic rings. The number of aliphatic hydroxyl groups is 4. The zero-order chi connectivity index (χ0) is 28.5. The Hall–Kier alpha value is -2.89. The van der Waals surface area contributed by atoms with Gasteiger partial charge in [0.2, 0.25) is 0 Å². The monoisotopic (exact) mass is 572 g/mol. The molecule has 0 saturated carbocycles. The summed E-state index contributed by atoms with van der Waals surface area (Å²) in [6, 6.07) is 5.85. The summed E-state index contributed by atoms with van der Waals surface area (Å²) in [5.41, 5.74) is 10.8. The standard InChI is InChI=1S/C22H27N4O12P/c23-19(31)11-3-1-5-25(7-11)21-17(29)15(27)13(37-21)9-35-39(33,34)36-10-14-16(28)18(30)22(38-14)26-6-2-4-12(8-26)20(24)32/h1-8,13-18,21-22,27-30H,9-10H2,(H3-2,23,24,31,32,33,34)/p+2/t13-,14?,15-,16-,17-,18-,21-,22-/m1/s1. The number of nitrogens with two attached hydrogens (primary N) is 2. The first-order valence-electron chi connectivity index (χ1n) is 11.6. The molecular formula is C22H29N4O12P+2. The molecular weight excluding hydrogens is 543 g/mol. The average Bonchev–Trinajstić information content (AvgIpc) is 3.36. The predicted octanol–water partition coefficient (Wildman–Crippen LogP) is -3.47. The van der Waals surface area contributed by atoms with Crippen molar-refractivity contribution in [3.05, 3.63) is 60.2 Å². The maximum atomic E-state index is 12.4. The van der Waals surface area contributed by atoms with E-state index < -0.39 is 81.9 Å². The Morgan fingerprint density at radius 1 is 0.795 bits per heavy atom.